The third-order valence-electron chi connectivity index (χ3n) is 4.01. The average molecular weight is 385 g/mol. The zero-order valence-corrected chi connectivity index (χ0v) is 15.0. The van der Waals surface area contributed by atoms with Crippen LogP contribution >= 0.6 is 15.9 Å². The van der Waals surface area contributed by atoms with Crippen molar-refractivity contribution in [2.45, 2.75) is 20.3 Å². The quantitative estimate of drug-likeness (QED) is 0.837. The number of aliphatic carboxylic acids is 1. The summed E-state index contributed by atoms with van der Waals surface area (Å²) in [5, 5.41) is 12.1. The molecular weight excluding hydrogens is 364 g/mol. The summed E-state index contributed by atoms with van der Waals surface area (Å²) in [4.78, 5) is 25.3. The minimum atomic E-state index is -0.855. The lowest BCUT2D eigenvalue weighted by molar-refractivity contribution is -0.143. The topological polar surface area (TPSA) is 78.9 Å². The normalized spacial score (nSPS) is 21.0. The summed E-state index contributed by atoms with van der Waals surface area (Å²) in [6, 6.07) is 3.37. The molecule has 2 N–H and O–H groups in total. The van der Waals surface area contributed by atoms with Crippen LogP contribution in [-0.4, -0.2) is 42.2 Å². The number of rotatable bonds is 3. The Balaban J connectivity index is 2.17. The minimum absolute atomic E-state index is 0.156. The van der Waals surface area contributed by atoms with Crippen molar-refractivity contribution in [3.05, 3.63) is 22.2 Å². The second-order valence-electron chi connectivity index (χ2n) is 6.01. The van der Waals surface area contributed by atoms with E-state index in [1.165, 1.54) is 0 Å². The van der Waals surface area contributed by atoms with Crippen molar-refractivity contribution >= 4 is 33.6 Å². The molecule has 0 saturated carbocycles. The fourth-order valence-electron chi connectivity index (χ4n) is 2.92. The summed E-state index contributed by atoms with van der Waals surface area (Å²) in [6.07, 6.45) is 0.597. The Morgan fingerprint density at radius 3 is 2.70 bits per heavy atom. The van der Waals surface area contributed by atoms with E-state index in [1.807, 2.05) is 19.9 Å². The number of amides is 2. The summed E-state index contributed by atoms with van der Waals surface area (Å²) in [5.41, 5.74) is 1.47. The molecule has 1 aliphatic rings. The van der Waals surface area contributed by atoms with E-state index in [4.69, 9.17) is 4.74 Å². The number of nitrogens with zero attached hydrogens (tertiary/aromatic N) is 1. The van der Waals surface area contributed by atoms with Gasteiger partial charge in [0.25, 0.3) is 0 Å². The van der Waals surface area contributed by atoms with E-state index in [1.54, 1.807) is 18.1 Å². The highest BCUT2D eigenvalue weighted by atomic mass is 79.9. The first-order valence-electron chi connectivity index (χ1n) is 7.44. The van der Waals surface area contributed by atoms with Crippen LogP contribution < -0.4 is 10.1 Å². The van der Waals surface area contributed by atoms with Crippen LogP contribution in [0.4, 0.5) is 10.5 Å². The number of halogens is 1. The molecule has 1 aromatic rings. The number of carbonyl (C=O) groups is 2. The Bertz CT molecular complexity index is 620. The van der Waals surface area contributed by atoms with Crippen molar-refractivity contribution in [2.75, 3.05) is 25.5 Å². The van der Waals surface area contributed by atoms with Gasteiger partial charge < -0.3 is 20.1 Å². The molecule has 6 nitrogen and oxygen atoms in total. The largest absolute Gasteiger partial charge is 0.495 e. The van der Waals surface area contributed by atoms with Crippen molar-refractivity contribution in [3.63, 3.8) is 0 Å². The molecular formula is C16H21BrN2O4. The van der Waals surface area contributed by atoms with Gasteiger partial charge in [-0.3, -0.25) is 4.79 Å². The van der Waals surface area contributed by atoms with Crippen LogP contribution in [0.25, 0.3) is 0 Å². The van der Waals surface area contributed by atoms with Gasteiger partial charge in [-0.1, -0.05) is 22.9 Å². The van der Waals surface area contributed by atoms with E-state index in [0.717, 1.165) is 10.0 Å². The van der Waals surface area contributed by atoms with E-state index >= 15 is 0 Å². The third kappa shape index (κ3) is 4.16. The van der Waals surface area contributed by atoms with E-state index in [9.17, 15) is 14.7 Å². The predicted molar refractivity (Wildman–Crippen MR) is 90.9 cm³/mol. The molecule has 1 heterocycles. The Kier molecular flexibility index (Phi) is 5.51. The molecule has 2 atom stereocenters. The van der Waals surface area contributed by atoms with Gasteiger partial charge in [0.1, 0.15) is 5.75 Å². The average Bonchev–Trinajstić information content (AvgIpc) is 2.48. The van der Waals surface area contributed by atoms with Crippen molar-refractivity contribution in [3.8, 4) is 5.75 Å². The number of ether oxygens (including phenoxy) is 1. The maximum atomic E-state index is 12.5. The highest BCUT2D eigenvalue weighted by Gasteiger charge is 2.32. The third-order valence-corrected chi connectivity index (χ3v) is 4.47. The first-order valence-corrected chi connectivity index (χ1v) is 8.24. The number of carbonyl (C=O) groups excluding carboxylic acids is 1. The first-order chi connectivity index (χ1) is 10.8. The first kappa shape index (κ1) is 17.6. The molecule has 7 heteroatoms. The Morgan fingerprint density at radius 2 is 2.09 bits per heavy atom. The summed E-state index contributed by atoms with van der Waals surface area (Å²) in [6.45, 7) is 4.61. The van der Waals surface area contributed by atoms with Gasteiger partial charge in [-0.2, -0.15) is 0 Å². The van der Waals surface area contributed by atoms with Crippen LogP contribution in [0.1, 0.15) is 18.9 Å². The molecule has 126 valence electrons. The number of nitrogens with one attached hydrogen (secondary N) is 1. The SMILES string of the molecule is COc1cc(Br)cc(C)c1NC(=O)N1CC(C)CC(C(=O)O)C1. The van der Waals surface area contributed by atoms with Crippen molar-refractivity contribution in [1.29, 1.82) is 0 Å². The molecule has 0 aromatic heterocycles. The summed E-state index contributed by atoms with van der Waals surface area (Å²) in [7, 11) is 1.54. The maximum absolute atomic E-state index is 12.5. The van der Waals surface area contributed by atoms with Gasteiger partial charge in [-0.25, -0.2) is 4.79 Å². The molecule has 23 heavy (non-hydrogen) atoms. The summed E-state index contributed by atoms with van der Waals surface area (Å²) < 4.78 is 6.18. The van der Waals surface area contributed by atoms with Gasteiger partial charge >= 0.3 is 12.0 Å². The molecule has 0 spiro atoms. The lowest BCUT2D eigenvalue weighted by Gasteiger charge is -2.34. The molecule has 1 saturated heterocycles. The number of anilines is 1. The number of hydrogen-bond acceptors (Lipinski definition) is 3. The van der Waals surface area contributed by atoms with Crippen LogP contribution in [0.2, 0.25) is 0 Å². The van der Waals surface area contributed by atoms with E-state index in [2.05, 4.69) is 21.2 Å². The number of hydrogen-bond donors (Lipinski definition) is 2. The number of piperidine rings is 1. The highest BCUT2D eigenvalue weighted by Crippen LogP contribution is 2.32. The number of carboxylic acids is 1. The van der Waals surface area contributed by atoms with Crippen molar-refractivity contribution < 1.29 is 19.4 Å². The Labute approximate surface area is 143 Å². The van der Waals surface area contributed by atoms with Gasteiger partial charge in [0, 0.05) is 17.6 Å². The molecule has 0 radical (unpaired) electrons. The summed E-state index contributed by atoms with van der Waals surface area (Å²) in [5.74, 6) is -0.655. The van der Waals surface area contributed by atoms with Gasteiger partial charge in [-0.05, 0) is 37.0 Å². The Morgan fingerprint density at radius 1 is 1.39 bits per heavy atom. The minimum Gasteiger partial charge on any atom is -0.495 e. The van der Waals surface area contributed by atoms with Gasteiger partial charge in [0.05, 0.1) is 18.7 Å². The molecule has 1 aromatic carbocycles. The van der Waals surface area contributed by atoms with E-state index < -0.39 is 11.9 Å². The summed E-state index contributed by atoms with van der Waals surface area (Å²) >= 11 is 3.39. The van der Waals surface area contributed by atoms with Gasteiger partial charge in [0.15, 0.2) is 0 Å². The molecule has 0 aliphatic carbocycles. The monoisotopic (exact) mass is 384 g/mol. The maximum Gasteiger partial charge on any atom is 0.321 e. The fraction of sp³-hybridized carbons (Fsp3) is 0.500. The van der Waals surface area contributed by atoms with Gasteiger partial charge in [-0.15, -0.1) is 0 Å². The number of likely N-dealkylation sites (tertiary alicyclic amines) is 1. The zero-order valence-electron chi connectivity index (χ0n) is 13.4. The second-order valence-corrected chi connectivity index (χ2v) is 6.93. The van der Waals surface area contributed by atoms with Crippen LogP contribution in [0.15, 0.2) is 16.6 Å². The standard InChI is InChI=1S/C16H21BrN2O4/c1-9-4-11(15(20)21)8-19(7-9)16(22)18-14-10(2)5-12(17)6-13(14)23-3/h5-6,9,11H,4,7-8H2,1-3H3,(H,18,22)(H,20,21). The van der Waals surface area contributed by atoms with Crippen LogP contribution in [0.5, 0.6) is 5.75 Å². The molecule has 2 unspecified atom stereocenters. The molecule has 2 amide bonds. The highest BCUT2D eigenvalue weighted by molar-refractivity contribution is 9.10. The molecule has 1 aliphatic heterocycles. The van der Waals surface area contributed by atoms with Crippen molar-refractivity contribution in [2.24, 2.45) is 11.8 Å². The van der Waals surface area contributed by atoms with Crippen LogP contribution in [-0.2, 0) is 4.79 Å². The fourth-order valence-corrected chi connectivity index (χ4v) is 3.47. The zero-order chi connectivity index (χ0) is 17.1. The number of urea groups is 1. The number of methoxy groups -OCH3 is 1. The lowest BCUT2D eigenvalue weighted by Crippen LogP contribution is -2.47. The second kappa shape index (κ2) is 7.21. The smallest absolute Gasteiger partial charge is 0.321 e. The predicted octanol–water partition coefficient (Wildman–Crippen LogP) is 3.34. The van der Waals surface area contributed by atoms with E-state index in [0.29, 0.717) is 24.4 Å². The molecule has 1 fully saturated rings. The molecule has 0 bridgehead atoms. The van der Waals surface area contributed by atoms with Crippen molar-refractivity contribution in [1.82, 2.24) is 4.90 Å². The van der Waals surface area contributed by atoms with Crippen LogP contribution in [0.3, 0.4) is 0 Å². The number of aryl methyl sites for hydroxylation is 1. The number of benzene rings is 1. The van der Waals surface area contributed by atoms with E-state index in [-0.39, 0.29) is 18.5 Å². The lowest BCUT2D eigenvalue weighted by atomic mass is 9.91. The van der Waals surface area contributed by atoms with Gasteiger partial charge in [0.2, 0.25) is 0 Å². The Hall–Kier alpha value is -1.76. The molecule has 2 rings (SSSR count). The van der Waals surface area contributed by atoms with Crippen LogP contribution in [0, 0.1) is 18.8 Å². The number of carboxylic acid groups (broad SMARTS) is 1.